The number of anilines is 1. The van der Waals surface area contributed by atoms with Crippen LogP contribution in [0.4, 0.5) is 11.4 Å². The molecule has 0 atom stereocenters. The van der Waals surface area contributed by atoms with E-state index < -0.39 is 4.96 Å². The van der Waals surface area contributed by atoms with Crippen LogP contribution in [0.25, 0.3) is 0 Å². The van der Waals surface area contributed by atoms with E-state index in [9.17, 15) is 0 Å². The zero-order valence-electron chi connectivity index (χ0n) is 14.6. The van der Waals surface area contributed by atoms with Crippen molar-refractivity contribution in [1.29, 1.82) is 0 Å². The van der Waals surface area contributed by atoms with Crippen LogP contribution in [-0.2, 0) is 0 Å². The van der Waals surface area contributed by atoms with Gasteiger partial charge in [-0.15, -0.1) is 0 Å². The maximum absolute atomic E-state index is 6.78. The molecule has 2 aromatic rings. The Hall–Kier alpha value is -0.990. The Morgan fingerprint density at radius 1 is 0.840 bits per heavy atom. The molecule has 3 rings (SSSR count). The molecule has 0 N–H and O–H groups in total. The first-order valence-electron chi connectivity index (χ1n) is 8.08. The Kier molecular flexibility index (Phi) is 4.75. The van der Waals surface area contributed by atoms with Crippen molar-refractivity contribution in [2.45, 2.75) is 33.7 Å². The number of hydrogen-bond donors (Lipinski definition) is 0. The number of aliphatic imine (C=N–C) groups is 1. The molecule has 7 heteroatoms. The van der Waals surface area contributed by atoms with Gasteiger partial charge in [0.1, 0.15) is 0 Å². The van der Waals surface area contributed by atoms with Gasteiger partial charge in [-0.25, -0.2) is 0 Å². The van der Waals surface area contributed by atoms with Crippen LogP contribution in [0.3, 0.4) is 0 Å². The standard InChI is InChI=1S/C18H21Cl3N3P/c1-13(2)23-18(22-16-9-5-14(3)6-10-16)24(25(23,19,20)21)17-11-7-15(4)8-12-17/h5-13H,1-4H3. The van der Waals surface area contributed by atoms with Crippen molar-refractivity contribution in [1.82, 2.24) is 4.67 Å². The van der Waals surface area contributed by atoms with Crippen LogP contribution in [0.2, 0.25) is 0 Å². The SMILES string of the molecule is Cc1ccc(N=C2N(c3ccc(C)cc3)P(Cl)(Cl)(Cl)N2C(C)C)cc1. The topological polar surface area (TPSA) is 18.8 Å². The van der Waals surface area contributed by atoms with E-state index in [1.54, 1.807) is 4.67 Å². The second kappa shape index (κ2) is 6.32. The number of halogens is 3. The van der Waals surface area contributed by atoms with E-state index >= 15 is 0 Å². The van der Waals surface area contributed by atoms with Crippen molar-refractivity contribution in [2.24, 2.45) is 4.99 Å². The zero-order valence-corrected chi connectivity index (χ0v) is 17.8. The van der Waals surface area contributed by atoms with Gasteiger partial charge in [0, 0.05) is 0 Å². The molecule has 0 aliphatic carbocycles. The minimum atomic E-state index is -3.79. The third-order valence-electron chi connectivity index (χ3n) is 4.08. The van der Waals surface area contributed by atoms with Crippen LogP contribution < -0.4 is 4.67 Å². The molecule has 0 spiro atoms. The van der Waals surface area contributed by atoms with Crippen LogP contribution in [0.1, 0.15) is 25.0 Å². The summed E-state index contributed by atoms with van der Waals surface area (Å²) in [6.07, 6.45) is 0. The Morgan fingerprint density at radius 3 is 1.80 bits per heavy atom. The average Bonchev–Trinajstić information content (AvgIpc) is 2.49. The summed E-state index contributed by atoms with van der Waals surface area (Å²) < 4.78 is 3.60. The predicted octanol–water partition coefficient (Wildman–Crippen LogP) is 7.37. The summed E-state index contributed by atoms with van der Waals surface area (Å²) in [4.78, 5) is 0.985. The van der Waals surface area contributed by atoms with Crippen molar-refractivity contribution in [3.05, 3.63) is 59.7 Å². The number of nitrogens with zero attached hydrogens (tertiary/aromatic N) is 3. The van der Waals surface area contributed by atoms with Crippen LogP contribution in [0.15, 0.2) is 53.5 Å². The number of aryl methyl sites for hydroxylation is 2. The second-order valence-electron chi connectivity index (χ2n) is 6.57. The Labute approximate surface area is 163 Å². The van der Waals surface area contributed by atoms with Gasteiger partial charge in [0.25, 0.3) is 0 Å². The van der Waals surface area contributed by atoms with Crippen molar-refractivity contribution in [3.63, 3.8) is 0 Å². The molecule has 134 valence electrons. The fraction of sp³-hybridized carbons (Fsp3) is 0.278. The quantitative estimate of drug-likeness (QED) is 0.486. The van der Waals surface area contributed by atoms with E-state index in [0.717, 1.165) is 16.9 Å². The van der Waals surface area contributed by atoms with Crippen molar-refractivity contribution in [3.8, 4) is 0 Å². The maximum atomic E-state index is 6.78. The molecular formula is C18H21Cl3N3P. The minimum absolute atomic E-state index is 0.0241. The monoisotopic (exact) mass is 415 g/mol. The molecule has 1 heterocycles. The van der Waals surface area contributed by atoms with E-state index in [-0.39, 0.29) is 6.04 Å². The molecule has 2 aromatic carbocycles. The molecule has 0 unspecified atom stereocenters. The first kappa shape index (κ1) is 18.8. The number of rotatable bonds is 3. The fourth-order valence-corrected chi connectivity index (χ4v) is 8.56. The van der Waals surface area contributed by atoms with Gasteiger partial charge in [0.15, 0.2) is 0 Å². The van der Waals surface area contributed by atoms with Gasteiger partial charge in [0.2, 0.25) is 0 Å². The summed E-state index contributed by atoms with van der Waals surface area (Å²) in [5.74, 6) is 0.667. The Morgan fingerprint density at radius 2 is 1.32 bits per heavy atom. The van der Waals surface area contributed by atoms with Gasteiger partial charge in [0.05, 0.1) is 0 Å². The first-order valence-corrected chi connectivity index (χ1v) is 12.9. The normalized spacial score (nSPS) is 21.8. The zero-order chi connectivity index (χ0) is 18.4. The molecule has 1 aliphatic rings. The fourth-order valence-electron chi connectivity index (χ4n) is 2.85. The van der Waals surface area contributed by atoms with Crippen LogP contribution in [0, 0.1) is 13.8 Å². The summed E-state index contributed by atoms with van der Waals surface area (Å²) in [7, 11) is 0. The molecule has 1 saturated heterocycles. The van der Waals surface area contributed by atoms with E-state index in [4.69, 9.17) is 38.7 Å². The molecule has 0 saturated carbocycles. The van der Waals surface area contributed by atoms with Gasteiger partial charge in [-0.05, 0) is 0 Å². The van der Waals surface area contributed by atoms with E-state index in [1.165, 1.54) is 5.56 Å². The molecule has 3 nitrogen and oxygen atoms in total. The summed E-state index contributed by atoms with van der Waals surface area (Å²) in [6, 6.07) is 16.0. The molecule has 25 heavy (non-hydrogen) atoms. The van der Waals surface area contributed by atoms with Gasteiger partial charge >= 0.3 is 164 Å². The van der Waals surface area contributed by atoms with E-state index in [2.05, 4.69) is 0 Å². The molecule has 0 amide bonds. The Balaban J connectivity index is 2.11. The number of hydrogen-bond acceptors (Lipinski definition) is 1. The summed E-state index contributed by atoms with van der Waals surface area (Å²) in [5, 5.41) is 0. The molecule has 0 radical (unpaired) electrons. The molecule has 1 fully saturated rings. The molecule has 0 bridgehead atoms. The summed E-state index contributed by atoms with van der Waals surface area (Å²) in [6.45, 7) is 8.09. The van der Waals surface area contributed by atoms with Gasteiger partial charge in [-0.2, -0.15) is 0 Å². The van der Waals surface area contributed by atoms with Gasteiger partial charge < -0.3 is 0 Å². The number of benzene rings is 2. The van der Waals surface area contributed by atoms with Crippen LogP contribution >= 0.6 is 38.7 Å². The summed E-state index contributed by atoms with van der Waals surface area (Å²) >= 11 is 20.3. The Bertz CT molecular complexity index is 808. The third kappa shape index (κ3) is 3.36. The van der Waals surface area contributed by atoms with Crippen molar-refractivity contribution in [2.75, 3.05) is 4.67 Å². The van der Waals surface area contributed by atoms with Gasteiger partial charge in [-0.3, -0.25) is 0 Å². The number of guanidine groups is 1. The van der Waals surface area contributed by atoms with Crippen LogP contribution in [0.5, 0.6) is 0 Å². The van der Waals surface area contributed by atoms with Gasteiger partial charge in [-0.1, -0.05) is 0 Å². The van der Waals surface area contributed by atoms with E-state index in [0.29, 0.717) is 5.96 Å². The summed E-state index contributed by atoms with van der Waals surface area (Å²) in [5.41, 5.74) is 4.01. The molecular weight excluding hydrogens is 396 g/mol. The average molecular weight is 417 g/mol. The predicted molar refractivity (Wildman–Crippen MR) is 113 cm³/mol. The second-order valence-corrected chi connectivity index (χ2v) is 16.2. The van der Waals surface area contributed by atoms with Crippen molar-refractivity contribution < 1.29 is 0 Å². The molecule has 0 aromatic heterocycles. The van der Waals surface area contributed by atoms with Crippen LogP contribution in [-0.4, -0.2) is 16.7 Å². The third-order valence-corrected chi connectivity index (χ3v) is 9.27. The first-order chi connectivity index (χ1) is 11.6. The molecule has 1 aliphatic heterocycles. The van der Waals surface area contributed by atoms with E-state index in [1.807, 2.05) is 80.9 Å². The van der Waals surface area contributed by atoms with Crippen molar-refractivity contribution >= 4 is 56.0 Å².